The van der Waals surface area contributed by atoms with Crippen LogP contribution < -0.4 is 9.47 Å². The summed E-state index contributed by atoms with van der Waals surface area (Å²) >= 11 is 0. The van der Waals surface area contributed by atoms with E-state index in [0.717, 1.165) is 25.8 Å². The number of ether oxygens (including phenoxy) is 2. The Morgan fingerprint density at radius 3 is 2.57 bits per heavy atom. The highest BCUT2D eigenvalue weighted by molar-refractivity contribution is 5.79. The lowest BCUT2D eigenvalue weighted by Crippen LogP contribution is -2.35. The number of nitrogens with zero attached hydrogens (tertiary/aromatic N) is 3. The van der Waals surface area contributed by atoms with E-state index in [0.29, 0.717) is 18.3 Å². The molecule has 0 spiro atoms. The van der Waals surface area contributed by atoms with Crippen molar-refractivity contribution in [2.75, 3.05) is 20.2 Å². The average Bonchev–Trinajstić information content (AvgIpc) is 2.97. The number of hydrogen-bond donors (Lipinski definition) is 0. The van der Waals surface area contributed by atoms with E-state index < -0.39 is 0 Å². The van der Waals surface area contributed by atoms with Gasteiger partial charge in [-0.1, -0.05) is 13.8 Å². The molecule has 1 fully saturated rings. The van der Waals surface area contributed by atoms with Crippen LogP contribution >= 0.6 is 0 Å². The zero-order valence-electron chi connectivity index (χ0n) is 12.9. The topological polar surface area (TPSA) is 64.6 Å². The number of carbonyl (C=O) groups is 1. The summed E-state index contributed by atoms with van der Waals surface area (Å²) in [5.41, 5.74) is 0. The van der Waals surface area contributed by atoms with E-state index in [1.807, 2.05) is 4.90 Å². The smallest absolute Gasteiger partial charge is 0.233 e. The molecule has 1 aromatic heterocycles. The van der Waals surface area contributed by atoms with Gasteiger partial charge < -0.3 is 14.4 Å². The number of likely N-dealkylation sites (tertiary alicyclic amines) is 1. The molecule has 0 aromatic carbocycles. The lowest BCUT2D eigenvalue weighted by molar-refractivity contribution is -0.134. The molecular formula is C15H23N3O3. The molecule has 2 heterocycles. The fourth-order valence-corrected chi connectivity index (χ4v) is 2.57. The summed E-state index contributed by atoms with van der Waals surface area (Å²) in [6.45, 7) is 5.50. The van der Waals surface area contributed by atoms with Gasteiger partial charge in [-0.05, 0) is 12.8 Å². The van der Waals surface area contributed by atoms with Crippen molar-refractivity contribution >= 4 is 5.91 Å². The number of carbonyl (C=O) groups excluding carboxylic acids is 1. The predicted octanol–water partition coefficient (Wildman–Crippen LogP) is 1.90. The summed E-state index contributed by atoms with van der Waals surface area (Å²) in [4.78, 5) is 14.2. The number of rotatable bonds is 6. The number of hydrogen-bond acceptors (Lipinski definition) is 5. The Morgan fingerprint density at radius 1 is 1.33 bits per heavy atom. The Hall–Kier alpha value is -1.85. The van der Waals surface area contributed by atoms with Gasteiger partial charge in [-0.15, -0.1) is 10.2 Å². The Labute approximate surface area is 125 Å². The van der Waals surface area contributed by atoms with E-state index in [9.17, 15) is 4.79 Å². The molecule has 1 saturated heterocycles. The van der Waals surface area contributed by atoms with Gasteiger partial charge in [-0.3, -0.25) is 4.79 Å². The van der Waals surface area contributed by atoms with Crippen molar-refractivity contribution in [3.63, 3.8) is 0 Å². The molecule has 2 rings (SSSR count). The van der Waals surface area contributed by atoms with Crippen LogP contribution in [0.4, 0.5) is 0 Å². The minimum absolute atomic E-state index is 0.00833. The second-order valence-corrected chi connectivity index (χ2v) is 5.24. The molecule has 0 bridgehead atoms. The first-order chi connectivity index (χ1) is 10.2. The molecule has 6 nitrogen and oxygen atoms in total. The number of aromatic nitrogens is 2. The van der Waals surface area contributed by atoms with E-state index in [1.165, 1.54) is 0 Å². The quantitative estimate of drug-likeness (QED) is 0.801. The van der Waals surface area contributed by atoms with Gasteiger partial charge in [0, 0.05) is 31.0 Å². The molecule has 1 unspecified atom stereocenters. The van der Waals surface area contributed by atoms with Crippen LogP contribution in [0.25, 0.3) is 0 Å². The molecule has 0 radical (unpaired) electrons. The Bertz CT molecular complexity index is 460. The van der Waals surface area contributed by atoms with Crippen molar-refractivity contribution in [1.82, 2.24) is 15.1 Å². The molecule has 6 heteroatoms. The maximum Gasteiger partial charge on any atom is 0.233 e. The molecule has 1 aliphatic rings. The predicted molar refractivity (Wildman–Crippen MR) is 78.3 cm³/mol. The molecule has 21 heavy (non-hydrogen) atoms. The van der Waals surface area contributed by atoms with Gasteiger partial charge in [0.1, 0.15) is 6.10 Å². The Kier molecular flexibility index (Phi) is 5.36. The highest BCUT2D eigenvalue weighted by atomic mass is 16.5. The van der Waals surface area contributed by atoms with Crippen LogP contribution in [0.3, 0.4) is 0 Å². The van der Waals surface area contributed by atoms with Crippen LogP contribution in [-0.4, -0.2) is 47.3 Å². The average molecular weight is 293 g/mol. The zero-order chi connectivity index (χ0) is 15.2. The Morgan fingerprint density at radius 2 is 2.00 bits per heavy atom. The molecule has 0 N–H and O–H groups in total. The first-order valence-electron chi connectivity index (χ1n) is 7.51. The third-order valence-corrected chi connectivity index (χ3v) is 3.90. The van der Waals surface area contributed by atoms with E-state index in [4.69, 9.17) is 9.47 Å². The first-order valence-corrected chi connectivity index (χ1v) is 7.51. The molecule has 116 valence electrons. The zero-order valence-corrected chi connectivity index (χ0v) is 12.9. The minimum Gasteiger partial charge on any atom is -0.480 e. The second kappa shape index (κ2) is 7.24. The molecule has 1 atom stereocenters. The third kappa shape index (κ3) is 3.83. The van der Waals surface area contributed by atoms with Gasteiger partial charge in [0.25, 0.3) is 0 Å². The van der Waals surface area contributed by atoms with Crippen LogP contribution in [0.1, 0.15) is 33.1 Å². The molecule has 1 aliphatic heterocycles. The molecule has 1 amide bonds. The van der Waals surface area contributed by atoms with Gasteiger partial charge in [-0.2, -0.15) is 0 Å². The lowest BCUT2D eigenvalue weighted by atomic mass is 10.0. The van der Waals surface area contributed by atoms with Crippen molar-refractivity contribution in [2.45, 2.75) is 39.2 Å². The molecule has 0 saturated carbocycles. The van der Waals surface area contributed by atoms with Crippen LogP contribution in [0.5, 0.6) is 11.8 Å². The van der Waals surface area contributed by atoms with Crippen molar-refractivity contribution < 1.29 is 14.3 Å². The molecular weight excluding hydrogens is 270 g/mol. The van der Waals surface area contributed by atoms with Crippen molar-refractivity contribution in [3.05, 3.63) is 12.1 Å². The summed E-state index contributed by atoms with van der Waals surface area (Å²) in [6, 6.07) is 3.45. The standard InChI is InChI=1S/C15H23N3O3/c1-4-11(5-2)15(19)18-9-8-12(10-18)21-14-7-6-13(20-3)16-17-14/h6-7,11-12H,4-5,8-10H2,1-3H3. The van der Waals surface area contributed by atoms with Gasteiger partial charge in [0.15, 0.2) is 0 Å². The van der Waals surface area contributed by atoms with Crippen LogP contribution in [0.15, 0.2) is 12.1 Å². The van der Waals surface area contributed by atoms with Crippen molar-refractivity contribution in [3.8, 4) is 11.8 Å². The monoisotopic (exact) mass is 293 g/mol. The van der Waals surface area contributed by atoms with Crippen molar-refractivity contribution in [1.29, 1.82) is 0 Å². The number of amides is 1. The summed E-state index contributed by atoms with van der Waals surface area (Å²) in [6.07, 6.45) is 2.60. The summed E-state index contributed by atoms with van der Waals surface area (Å²) < 4.78 is 10.7. The minimum atomic E-state index is -0.00833. The van der Waals surface area contributed by atoms with Gasteiger partial charge in [0.2, 0.25) is 17.7 Å². The highest BCUT2D eigenvalue weighted by Crippen LogP contribution is 2.20. The summed E-state index contributed by atoms with van der Waals surface area (Å²) in [7, 11) is 1.54. The van der Waals surface area contributed by atoms with Crippen LogP contribution in [0, 0.1) is 5.92 Å². The third-order valence-electron chi connectivity index (χ3n) is 3.90. The largest absolute Gasteiger partial charge is 0.480 e. The highest BCUT2D eigenvalue weighted by Gasteiger charge is 2.30. The lowest BCUT2D eigenvalue weighted by Gasteiger charge is -2.21. The van der Waals surface area contributed by atoms with Crippen LogP contribution in [-0.2, 0) is 4.79 Å². The van der Waals surface area contributed by atoms with Gasteiger partial charge in [-0.25, -0.2) is 0 Å². The summed E-state index contributed by atoms with van der Waals surface area (Å²) in [5.74, 6) is 1.30. The SMILES string of the molecule is CCC(CC)C(=O)N1CCC(Oc2ccc(OC)nn2)C1. The first kappa shape index (κ1) is 15.5. The second-order valence-electron chi connectivity index (χ2n) is 5.24. The molecule has 0 aliphatic carbocycles. The maximum absolute atomic E-state index is 12.3. The fraction of sp³-hybridized carbons (Fsp3) is 0.667. The summed E-state index contributed by atoms with van der Waals surface area (Å²) in [5, 5.41) is 7.82. The van der Waals surface area contributed by atoms with E-state index in [1.54, 1.807) is 19.2 Å². The number of methoxy groups -OCH3 is 1. The van der Waals surface area contributed by atoms with Crippen LogP contribution in [0.2, 0.25) is 0 Å². The maximum atomic E-state index is 12.3. The molecule has 1 aromatic rings. The van der Waals surface area contributed by atoms with Gasteiger partial charge >= 0.3 is 0 Å². The van der Waals surface area contributed by atoms with E-state index in [-0.39, 0.29) is 17.9 Å². The van der Waals surface area contributed by atoms with E-state index in [2.05, 4.69) is 24.0 Å². The normalized spacial score (nSPS) is 18.1. The van der Waals surface area contributed by atoms with Crippen molar-refractivity contribution in [2.24, 2.45) is 5.92 Å². The van der Waals surface area contributed by atoms with Gasteiger partial charge in [0.05, 0.1) is 13.7 Å². The fourth-order valence-electron chi connectivity index (χ4n) is 2.57. The van der Waals surface area contributed by atoms with E-state index >= 15 is 0 Å². The Balaban J connectivity index is 1.88.